The average molecular weight is 324 g/mol. The van der Waals surface area contributed by atoms with Crippen LogP contribution in [0.5, 0.6) is 0 Å². The van der Waals surface area contributed by atoms with Crippen LogP contribution < -0.4 is 11.1 Å². The Hall–Kier alpha value is -1.34. The maximum Gasteiger partial charge on any atom is 0.364 e. The van der Waals surface area contributed by atoms with Crippen molar-refractivity contribution in [1.82, 2.24) is 5.32 Å². The summed E-state index contributed by atoms with van der Waals surface area (Å²) in [4.78, 5) is 22.4. The zero-order valence-electron chi connectivity index (χ0n) is 11.5. The minimum Gasteiger partial charge on any atom is -0.477 e. The fourth-order valence-electron chi connectivity index (χ4n) is 2.15. The number of carbonyl (C=O) groups excluding carboxylic acids is 1. The Kier molecular flexibility index (Phi) is 6.19. The van der Waals surface area contributed by atoms with Gasteiger partial charge in [-0.3, -0.25) is 4.79 Å². The lowest BCUT2D eigenvalue weighted by Crippen LogP contribution is -2.67. The van der Waals surface area contributed by atoms with E-state index >= 15 is 0 Å². The Morgan fingerprint density at radius 2 is 2.00 bits per heavy atom. The lowest BCUT2D eigenvalue weighted by Gasteiger charge is -2.44. The van der Waals surface area contributed by atoms with Gasteiger partial charge < -0.3 is 46.4 Å². The van der Waals surface area contributed by atoms with Crippen LogP contribution >= 0.6 is 0 Å². The van der Waals surface area contributed by atoms with Crippen molar-refractivity contribution in [2.45, 2.75) is 42.7 Å². The normalized spacial score (nSPS) is 34.7. The largest absolute Gasteiger partial charge is 0.477 e. The second-order valence-electron chi connectivity index (χ2n) is 4.98. The number of hydrogen-bond donors (Lipinski definition) is 8. The molecular weight excluding hydrogens is 304 g/mol. The van der Waals surface area contributed by atoms with Gasteiger partial charge in [0.15, 0.2) is 0 Å². The number of rotatable bonds is 6. The van der Waals surface area contributed by atoms with Crippen molar-refractivity contribution in [3.8, 4) is 0 Å². The number of aliphatic hydroxyl groups excluding tert-OH is 4. The summed E-state index contributed by atoms with van der Waals surface area (Å²) < 4.78 is 4.87. The molecule has 1 aliphatic rings. The Balaban J connectivity index is 3.07. The Morgan fingerprint density at radius 1 is 1.41 bits per heavy atom. The molecule has 1 rings (SSSR count). The Labute approximate surface area is 124 Å². The fraction of sp³-hybridized carbons (Fsp3) is 0.818. The van der Waals surface area contributed by atoms with Gasteiger partial charge in [-0.2, -0.15) is 0 Å². The summed E-state index contributed by atoms with van der Waals surface area (Å²) >= 11 is 0. The number of aliphatic carboxylic acids is 1. The highest BCUT2D eigenvalue weighted by molar-refractivity contribution is 5.78. The predicted octanol–water partition coefficient (Wildman–Crippen LogP) is -4.93. The molecule has 0 saturated carbocycles. The average Bonchev–Trinajstić information content (AvgIpc) is 2.47. The molecule has 22 heavy (non-hydrogen) atoms. The van der Waals surface area contributed by atoms with Gasteiger partial charge in [-0.1, -0.05) is 0 Å². The lowest BCUT2D eigenvalue weighted by atomic mass is 9.88. The van der Waals surface area contributed by atoms with Gasteiger partial charge >= 0.3 is 5.97 Å². The summed E-state index contributed by atoms with van der Waals surface area (Å²) in [7, 11) is 0. The van der Waals surface area contributed by atoms with Crippen molar-refractivity contribution in [3.05, 3.63) is 0 Å². The first kappa shape index (κ1) is 18.7. The Bertz CT molecular complexity index is 420. The molecule has 1 saturated heterocycles. The number of ether oxygens (including phenoxy) is 1. The standard InChI is InChI=1S/C11H20N2O9/c12-2-6(17)13-7-4(15)1-11(21,10(19)20)22-9(7)8(18)5(16)3-14/h4-5,7-9,14-16,18,21H,1-3,12H2,(H,13,17)(H,19,20)/t4?,5-,7-,8-,9?,11-/m1/s1. The minimum absolute atomic E-state index is 0.447. The van der Waals surface area contributed by atoms with Crippen LogP contribution in [0.2, 0.25) is 0 Å². The number of carboxylic acids is 1. The van der Waals surface area contributed by atoms with Crippen LogP contribution in [-0.2, 0) is 14.3 Å². The first-order valence-corrected chi connectivity index (χ1v) is 6.44. The molecule has 0 aromatic rings. The van der Waals surface area contributed by atoms with E-state index in [-0.39, 0.29) is 0 Å². The predicted molar refractivity (Wildman–Crippen MR) is 68.2 cm³/mol. The molecule has 11 heteroatoms. The van der Waals surface area contributed by atoms with E-state index in [2.05, 4.69) is 5.32 Å². The first-order valence-electron chi connectivity index (χ1n) is 6.44. The minimum atomic E-state index is -2.82. The van der Waals surface area contributed by atoms with Gasteiger partial charge in [-0.25, -0.2) is 4.79 Å². The van der Waals surface area contributed by atoms with Crippen molar-refractivity contribution < 1.29 is 45.0 Å². The smallest absolute Gasteiger partial charge is 0.364 e. The molecule has 1 aliphatic heterocycles. The lowest BCUT2D eigenvalue weighted by molar-refractivity contribution is -0.295. The fourth-order valence-corrected chi connectivity index (χ4v) is 2.15. The van der Waals surface area contributed by atoms with Crippen molar-refractivity contribution in [1.29, 1.82) is 0 Å². The van der Waals surface area contributed by atoms with Crippen molar-refractivity contribution in [3.63, 3.8) is 0 Å². The molecule has 1 fully saturated rings. The number of nitrogens with two attached hydrogens (primary N) is 1. The number of hydrogen-bond acceptors (Lipinski definition) is 9. The molecule has 0 aliphatic carbocycles. The molecule has 2 unspecified atom stereocenters. The number of aliphatic hydroxyl groups is 5. The molecule has 0 bridgehead atoms. The number of carbonyl (C=O) groups is 2. The van der Waals surface area contributed by atoms with E-state index in [0.717, 1.165) is 0 Å². The van der Waals surface area contributed by atoms with Gasteiger partial charge in [0.25, 0.3) is 5.79 Å². The van der Waals surface area contributed by atoms with Crippen LogP contribution in [-0.4, -0.2) is 91.9 Å². The summed E-state index contributed by atoms with van der Waals surface area (Å²) in [5.41, 5.74) is 5.11. The number of nitrogens with one attached hydrogen (secondary N) is 1. The number of carboxylic acid groups (broad SMARTS) is 1. The van der Waals surface area contributed by atoms with Gasteiger partial charge in [0, 0.05) is 6.42 Å². The first-order chi connectivity index (χ1) is 10.2. The number of amides is 1. The van der Waals surface area contributed by atoms with E-state index in [1.54, 1.807) is 0 Å². The van der Waals surface area contributed by atoms with Gasteiger partial charge in [0.05, 0.1) is 25.3 Å². The molecule has 128 valence electrons. The van der Waals surface area contributed by atoms with Crippen LogP contribution in [0.3, 0.4) is 0 Å². The zero-order chi connectivity index (χ0) is 17.1. The Morgan fingerprint density at radius 3 is 2.45 bits per heavy atom. The van der Waals surface area contributed by atoms with E-state index in [9.17, 15) is 30.0 Å². The SMILES string of the molecule is NCC(=O)N[C@@H]1C(O)C[C@](O)(C(=O)O)OC1[C@H](O)[C@H](O)CO. The highest BCUT2D eigenvalue weighted by atomic mass is 16.7. The van der Waals surface area contributed by atoms with E-state index in [0.29, 0.717) is 0 Å². The summed E-state index contributed by atoms with van der Waals surface area (Å²) in [6.45, 7) is -1.34. The van der Waals surface area contributed by atoms with Crippen molar-refractivity contribution in [2.24, 2.45) is 5.73 Å². The van der Waals surface area contributed by atoms with E-state index < -0.39 is 67.7 Å². The van der Waals surface area contributed by atoms with Crippen LogP contribution in [0.25, 0.3) is 0 Å². The summed E-state index contributed by atoms with van der Waals surface area (Å²) in [6, 6.07) is -1.34. The third-order valence-electron chi connectivity index (χ3n) is 3.35. The highest BCUT2D eigenvalue weighted by Gasteiger charge is 2.53. The maximum atomic E-state index is 11.4. The van der Waals surface area contributed by atoms with Crippen LogP contribution in [0.1, 0.15) is 6.42 Å². The van der Waals surface area contributed by atoms with Gasteiger partial charge in [-0.15, -0.1) is 0 Å². The molecule has 11 nitrogen and oxygen atoms in total. The van der Waals surface area contributed by atoms with Gasteiger partial charge in [0.1, 0.15) is 18.3 Å². The van der Waals surface area contributed by atoms with Crippen LogP contribution in [0.15, 0.2) is 0 Å². The zero-order valence-corrected chi connectivity index (χ0v) is 11.5. The topological polar surface area (TPSA) is 203 Å². The molecule has 9 N–H and O–H groups in total. The summed E-state index contributed by atoms with van der Waals surface area (Å²) in [6.07, 6.45) is -7.70. The van der Waals surface area contributed by atoms with Crippen LogP contribution in [0.4, 0.5) is 0 Å². The maximum absolute atomic E-state index is 11.4. The van der Waals surface area contributed by atoms with E-state index in [4.69, 9.17) is 20.7 Å². The molecule has 0 aromatic carbocycles. The molecular formula is C11H20N2O9. The van der Waals surface area contributed by atoms with Gasteiger partial charge in [-0.05, 0) is 0 Å². The monoisotopic (exact) mass is 324 g/mol. The highest BCUT2D eigenvalue weighted by Crippen LogP contribution is 2.30. The van der Waals surface area contributed by atoms with Crippen molar-refractivity contribution >= 4 is 11.9 Å². The molecule has 1 heterocycles. The molecule has 0 aromatic heterocycles. The van der Waals surface area contributed by atoms with Crippen LogP contribution in [0, 0.1) is 0 Å². The molecule has 1 amide bonds. The second-order valence-corrected chi connectivity index (χ2v) is 4.98. The third-order valence-corrected chi connectivity index (χ3v) is 3.35. The van der Waals surface area contributed by atoms with Gasteiger partial charge in [0.2, 0.25) is 5.91 Å². The quantitative estimate of drug-likeness (QED) is 0.234. The van der Waals surface area contributed by atoms with E-state index in [1.165, 1.54) is 0 Å². The summed E-state index contributed by atoms with van der Waals surface area (Å²) in [5.74, 6) is -5.36. The van der Waals surface area contributed by atoms with E-state index in [1.807, 2.05) is 0 Å². The second kappa shape index (κ2) is 7.28. The molecule has 0 radical (unpaired) electrons. The third kappa shape index (κ3) is 3.89. The molecule has 0 spiro atoms. The molecule has 6 atom stereocenters. The summed E-state index contributed by atoms with van der Waals surface area (Å²) in [5, 5.41) is 59.1. The van der Waals surface area contributed by atoms with Crippen molar-refractivity contribution in [2.75, 3.05) is 13.2 Å².